The van der Waals surface area contributed by atoms with Crippen molar-refractivity contribution in [2.45, 2.75) is 31.3 Å². The maximum atomic E-state index is 13.2. The Balaban J connectivity index is 1.38. The number of nitrogens with one attached hydrogen (secondary N) is 1. The Hall–Kier alpha value is -3.08. The van der Waals surface area contributed by atoms with Crippen LogP contribution in [0.1, 0.15) is 46.4 Å². The van der Waals surface area contributed by atoms with Crippen LogP contribution in [-0.2, 0) is 0 Å². The first-order chi connectivity index (χ1) is 13.7. The van der Waals surface area contributed by atoms with Crippen LogP contribution < -0.4 is 4.74 Å². The molecule has 1 N–H and O–H groups in total. The van der Waals surface area contributed by atoms with Gasteiger partial charge in [0.25, 0.3) is 5.91 Å². The normalized spacial score (nSPS) is 22.0. The Kier molecular flexibility index (Phi) is 3.97. The van der Waals surface area contributed by atoms with Gasteiger partial charge in [-0.1, -0.05) is 18.2 Å². The Labute approximate surface area is 163 Å². The van der Waals surface area contributed by atoms with E-state index in [0.717, 1.165) is 29.3 Å². The molecular formula is C23H22N2O3. The van der Waals surface area contributed by atoms with Gasteiger partial charge in [-0.3, -0.25) is 9.59 Å². The van der Waals surface area contributed by atoms with E-state index in [1.807, 2.05) is 59.6 Å². The van der Waals surface area contributed by atoms with E-state index < -0.39 is 5.60 Å². The third-order valence-corrected chi connectivity index (χ3v) is 6.01. The highest BCUT2D eigenvalue weighted by molar-refractivity contribution is 6.06. The average Bonchev–Trinajstić information content (AvgIpc) is 3.10. The van der Waals surface area contributed by atoms with E-state index in [-0.39, 0.29) is 11.7 Å². The molecule has 2 aliphatic rings. The zero-order chi connectivity index (χ0) is 19.1. The molecule has 5 rings (SSSR count). The summed E-state index contributed by atoms with van der Waals surface area (Å²) in [5.41, 5.74) is 1.86. The third-order valence-electron chi connectivity index (χ3n) is 6.01. The second-order valence-electron chi connectivity index (χ2n) is 7.77. The Morgan fingerprint density at radius 2 is 1.93 bits per heavy atom. The summed E-state index contributed by atoms with van der Waals surface area (Å²) >= 11 is 0. The van der Waals surface area contributed by atoms with E-state index in [4.69, 9.17) is 4.74 Å². The highest BCUT2D eigenvalue weighted by atomic mass is 16.5. The summed E-state index contributed by atoms with van der Waals surface area (Å²) in [7, 11) is 0. The molecule has 0 bridgehead atoms. The van der Waals surface area contributed by atoms with Crippen LogP contribution in [0.5, 0.6) is 5.75 Å². The van der Waals surface area contributed by atoms with Crippen LogP contribution in [0, 0.1) is 0 Å². The van der Waals surface area contributed by atoms with Crippen molar-refractivity contribution in [1.29, 1.82) is 0 Å². The number of Topliss-reactive ketones (excluding diaryl/α,β-unsaturated/α-hetero) is 1. The van der Waals surface area contributed by atoms with Gasteiger partial charge in [-0.15, -0.1) is 0 Å². The number of carbonyl (C=O) groups excluding carboxylic acids is 2. The van der Waals surface area contributed by atoms with Crippen molar-refractivity contribution < 1.29 is 14.3 Å². The number of likely N-dealkylation sites (tertiary alicyclic amines) is 1. The van der Waals surface area contributed by atoms with E-state index >= 15 is 0 Å². The molecule has 1 fully saturated rings. The lowest BCUT2D eigenvalue weighted by Gasteiger charge is -2.37. The predicted octanol–water partition coefficient (Wildman–Crippen LogP) is 4.20. The molecule has 0 aliphatic carbocycles. The number of ketones is 1. The number of para-hydroxylation sites is 1. The number of amides is 1. The molecule has 1 atom stereocenters. The number of benzene rings is 2. The van der Waals surface area contributed by atoms with Gasteiger partial charge >= 0.3 is 0 Å². The van der Waals surface area contributed by atoms with E-state index in [1.54, 1.807) is 0 Å². The number of carbonyl (C=O) groups is 2. The van der Waals surface area contributed by atoms with Crippen molar-refractivity contribution in [2.75, 3.05) is 13.1 Å². The SMILES string of the molecule is O=C1CC2(CCCN(C(=O)c3cccc4[nH]ccc34)CC2)Oc2ccccc21. The lowest BCUT2D eigenvalue weighted by molar-refractivity contribution is 0.0300. The van der Waals surface area contributed by atoms with E-state index in [2.05, 4.69) is 4.98 Å². The smallest absolute Gasteiger partial charge is 0.254 e. The topological polar surface area (TPSA) is 62.4 Å². The maximum absolute atomic E-state index is 13.2. The number of hydrogen-bond acceptors (Lipinski definition) is 3. The Morgan fingerprint density at radius 1 is 1.04 bits per heavy atom. The monoisotopic (exact) mass is 374 g/mol. The quantitative estimate of drug-likeness (QED) is 0.694. The van der Waals surface area contributed by atoms with Gasteiger partial charge in [0.05, 0.1) is 12.0 Å². The summed E-state index contributed by atoms with van der Waals surface area (Å²) in [6, 6.07) is 15.2. The summed E-state index contributed by atoms with van der Waals surface area (Å²) in [5.74, 6) is 0.860. The maximum Gasteiger partial charge on any atom is 0.254 e. The van der Waals surface area contributed by atoms with Crippen molar-refractivity contribution in [3.05, 3.63) is 65.9 Å². The van der Waals surface area contributed by atoms with Crippen molar-refractivity contribution in [3.63, 3.8) is 0 Å². The van der Waals surface area contributed by atoms with Gasteiger partial charge in [0.1, 0.15) is 11.4 Å². The number of aromatic amines is 1. The fourth-order valence-electron chi connectivity index (χ4n) is 4.53. The van der Waals surface area contributed by atoms with E-state index in [0.29, 0.717) is 37.2 Å². The second-order valence-corrected chi connectivity index (χ2v) is 7.77. The minimum atomic E-state index is -0.499. The number of ether oxygens (including phenoxy) is 1. The summed E-state index contributed by atoms with van der Waals surface area (Å²) in [6.07, 6.45) is 4.52. The molecule has 142 valence electrons. The molecule has 28 heavy (non-hydrogen) atoms. The molecule has 1 aromatic heterocycles. The van der Waals surface area contributed by atoms with Crippen LogP contribution in [0.4, 0.5) is 0 Å². The van der Waals surface area contributed by atoms with Crippen LogP contribution in [0.15, 0.2) is 54.7 Å². The first-order valence-corrected chi connectivity index (χ1v) is 9.82. The van der Waals surface area contributed by atoms with Gasteiger partial charge in [0, 0.05) is 42.2 Å². The van der Waals surface area contributed by atoms with E-state index in [1.165, 1.54) is 0 Å². The highest BCUT2D eigenvalue weighted by Crippen LogP contribution is 2.39. The number of hydrogen-bond donors (Lipinski definition) is 1. The first-order valence-electron chi connectivity index (χ1n) is 9.82. The lowest BCUT2D eigenvalue weighted by Crippen LogP contribution is -2.43. The molecule has 2 aliphatic heterocycles. The first kappa shape index (κ1) is 17.0. The second kappa shape index (κ2) is 6.51. The molecule has 0 radical (unpaired) electrons. The number of rotatable bonds is 1. The number of aromatic nitrogens is 1. The molecule has 1 unspecified atom stereocenters. The van der Waals surface area contributed by atoms with Crippen LogP contribution in [0.25, 0.3) is 10.9 Å². The van der Waals surface area contributed by atoms with Crippen molar-refractivity contribution in [3.8, 4) is 5.75 Å². The molecule has 5 nitrogen and oxygen atoms in total. The minimum absolute atomic E-state index is 0.0461. The molecule has 2 aromatic carbocycles. The Bertz CT molecular complexity index is 1070. The third kappa shape index (κ3) is 2.78. The van der Waals surface area contributed by atoms with Gasteiger partial charge in [0.15, 0.2) is 5.78 Å². The summed E-state index contributed by atoms with van der Waals surface area (Å²) in [5, 5.41) is 0.949. The number of H-pyrrole nitrogens is 1. The fourth-order valence-corrected chi connectivity index (χ4v) is 4.53. The van der Waals surface area contributed by atoms with Gasteiger partial charge < -0.3 is 14.6 Å². The molecule has 1 amide bonds. The summed E-state index contributed by atoms with van der Waals surface area (Å²) in [4.78, 5) is 30.9. The standard InChI is InChI=1S/C23H22N2O3/c26-20-15-23(28-21-8-2-1-5-18(20)21)10-4-13-25(14-11-23)22(27)17-6-3-7-19-16(17)9-12-24-19/h1-3,5-9,12,24H,4,10-11,13-15H2. The van der Waals surface area contributed by atoms with Gasteiger partial charge in [-0.05, 0) is 43.2 Å². The van der Waals surface area contributed by atoms with Crippen molar-refractivity contribution in [1.82, 2.24) is 9.88 Å². The van der Waals surface area contributed by atoms with Crippen LogP contribution in [0.2, 0.25) is 0 Å². The zero-order valence-electron chi connectivity index (χ0n) is 15.6. The highest BCUT2D eigenvalue weighted by Gasteiger charge is 2.42. The zero-order valence-corrected chi connectivity index (χ0v) is 15.6. The fraction of sp³-hybridized carbons (Fsp3) is 0.304. The molecule has 5 heteroatoms. The predicted molar refractivity (Wildman–Crippen MR) is 107 cm³/mol. The molecular weight excluding hydrogens is 352 g/mol. The summed E-state index contributed by atoms with van der Waals surface area (Å²) in [6.45, 7) is 1.27. The van der Waals surface area contributed by atoms with Crippen molar-refractivity contribution >= 4 is 22.6 Å². The largest absolute Gasteiger partial charge is 0.486 e. The summed E-state index contributed by atoms with van der Waals surface area (Å²) < 4.78 is 6.34. The van der Waals surface area contributed by atoms with Gasteiger partial charge in [-0.2, -0.15) is 0 Å². The lowest BCUT2D eigenvalue weighted by atomic mass is 9.84. The molecule has 0 saturated carbocycles. The van der Waals surface area contributed by atoms with E-state index in [9.17, 15) is 9.59 Å². The van der Waals surface area contributed by atoms with Crippen LogP contribution in [-0.4, -0.2) is 40.3 Å². The average molecular weight is 374 g/mol. The molecule has 3 heterocycles. The number of nitrogens with zero attached hydrogens (tertiary/aromatic N) is 1. The Morgan fingerprint density at radius 3 is 2.86 bits per heavy atom. The van der Waals surface area contributed by atoms with Gasteiger partial charge in [0.2, 0.25) is 0 Å². The number of fused-ring (bicyclic) bond motifs is 2. The molecule has 1 saturated heterocycles. The minimum Gasteiger partial charge on any atom is -0.486 e. The van der Waals surface area contributed by atoms with Crippen molar-refractivity contribution in [2.24, 2.45) is 0 Å². The molecule has 1 spiro atoms. The van der Waals surface area contributed by atoms with Crippen LogP contribution in [0.3, 0.4) is 0 Å². The van der Waals surface area contributed by atoms with Crippen LogP contribution >= 0.6 is 0 Å². The van der Waals surface area contributed by atoms with Gasteiger partial charge in [-0.25, -0.2) is 0 Å². The molecule has 3 aromatic rings.